The zero-order valence-electron chi connectivity index (χ0n) is 16.9. The van der Waals surface area contributed by atoms with Crippen molar-refractivity contribution >= 4 is 18.0 Å². The van der Waals surface area contributed by atoms with Crippen molar-refractivity contribution in [3.8, 4) is 17.6 Å². The van der Waals surface area contributed by atoms with Crippen molar-refractivity contribution in [2.24, 2.45) is 0 Å². The third kappa shape index (κ3) is 4.53. The van der Waals surface area contributed by atoms with Crippen LogP contribution in [0.25, 0.3) is 6.08 Å². The number of carbonyl (C=O) groups is 2. The van der Waals surface area contributed by atoms with Gasteiger partial charge in [0.2, 0.25) is 0 Å². The summed E-state index contributed by atoms with van der Waals surface area (Å²) in [6.45, 7) is 0. The number of rotatable bonds is 4. The van der Waals surface area contributed by atoms with Crippen LogP contribution in [0.3, 0.4) is 0 Å². The highest BCUT2D eigenvalue weighted by molar-refractivity contribution is 5.96. The zero-order chi connectivity index (χ0) is 21.5. The van der Waals surface area contributed by atoms with Gasteiger partial charge in [0.25, 0.3) is 0 Å². The predicted octanol–water partition coefficient (Wildman–Crippen LogP) is 3.30. The van der Waals surface area contributed by atoms with E-state index in [2.05, 4.69) is 11.8 Å². The Morgan fingerprint density at radius 3 is 2.40 bits per heavy atom. The van der Waals surface area contributed by atoms with Crippen LogP contribution in [0.4, 0.5) is 0 Å². The maximum absolute atomic E-state index is 12.4. The van der Waals surface area contributed by atoms with Gasteiger partial charge in [-0.1, -0.05) is 36.1 Å². The molecule has 152 valence electrons. The molecule has 0 aromatic heterocycles. The minimum absolute atomic E-state index is 0.0316. The van der Waals surface area contributed by atoms with Crippen molar-refractivity contribution in [3.05, 3.63) is 83.2 Å². The summed E-state index contributed by atoms with van der Waals surface area (Å²) in [7, 11) is 4.11. The molecular formula is C24H21NO5. The first kappa shape index (κ1) is 20.7. The fourth-order valence-electron chi connectivity index (χ4n) is 3.01. The Morgan fingerprint density at radius 1 is 1.00 bits per heavy atom. The van der Waals surface area contributed by atoms with Crippen molar-refractivity contribution in [2.75, 3.05) is 21.3 Å². The predicted molar refractivity (Wildman–Crippen MR) is 112 cm³/mol. The molecule has 0 N–H and O–H groups in total. The number of fused-ring (bicyclic) bond motifs is 1. The number of benzene rings is 2. The van der Waals surface area contributed by atoms with E-state index in [4.69, 9.17) is 14.2 Å². The minimum atomic E-state index is -0.666. The molecule has 0 fully saturated rings. The highest BCUT2D eigenvalue weighted by Gasteiger charge is 2.29. The van der Waals surface area contributed by atoms with Gasteiger partial charge in [0.15, 0.2) is 0 Å². The van der Waals surface area contributed by atoms with Crippen LogP contribution in [0, 0.1) is 11.8 Å². The normalized spacial score (nSPS) is 14.8. The molecule has 6 heteroatoms. The van der Waals surface area contributed by atoms with Gasteiger partial charge in [0, 0.05) is 11.8 Å². The number of nitrogens with zero attached hydrogens (tertiary/aromatic N) is 1. The Balaban J connectivity index is 2.07. The van der Waals surface area contributed by atoms with Crippen LogP contribution in [-0.4, -0.2) is 38.2 Å². The van der Waals surface area contributed by atoms with Crippen LogP contribution in [0.2, 0.25) is 0 Å². The monoisotopic (exact) mass is 403 g/mol. The van der Waals surface area contributed by atoms with Gasteiger partial charge in [-0.3, -0.25) is 0 Å². The van der Waals surface area contributed by atoms with Gasteiger partial charge >= 0.3 is 11.9 Å². The number of methoxy groups -OCH3 is 3. The molecule has 2 aromatic rings. The second kappa shape index (κ2) is 9.48. The zero-order valence-corrected chi connectivity index (χ0v) is 16.9. The standard InChI is InChI=1S/C24H21NO5/c1-28-19-11-8-17(9-12-19)10-13-21-20-7-5-4-6-18(20)14-15-25(21)22(24(27)30-3)16-23(26)29-2/h4-9,11-12,14-16,21H,1-3H3/b22-16+. The van der Waals surface area contributed by atoms with E-state index in [-0.39, 0.29) is 5.70 Å². The first-order valence-corrected chi connectivity index (χ1v) is 9.16. The van der Waals surface area contributed by atoms with Crippen LogP contribution in [0.1, 0.15) is 22.7 Å². The number of hydrogen-bond donors (Lipinski definition) is 0. The Bertz CT molecular complexity index is 1060. The summed E-state index contributed by atoms with van der Waals surface area (Å²) in [5.74, 6) is 5.76. The van der Waals surface area contributed by atoms with Crippen molar-refractivity contribution in [2.45, 2.75) is 6.04 Å². The molecule has 0 aliphatic carbocycles. The second-order valence-electron chi connectivity index (χ2n) is 6.30. The molecule has 1 aliphatic rings. The molecule has 0 bridgehead atoms. The molecular weight excluding hydrogens is 382 g/mol. The number of hydrogen-bond acceptors (Lipinski definition) is 6. The molecule has 0 amide bonds. The summed E-state index contributed by atoms with van der Waals surface area (Å²) in [5.41, 5.74) is 2.70. The number of ether oxygens (including phenoxy) is 3. The van der Waals surface area contributed by atoms with E-state index in [1.165, 1.54) is 14.2 Å². The van der Waals surface area contributed by atoms with E-state index in [9.17, 15) is 9.59 Å². The Hall–Kier alpha value is -3.98. The summed E-state index contributed by atoms with van der Waals surface area (Å²) in [5, 5.41) is 0. The van der Waals surface area contributed by atoms with Gasteiger partial charge < -0.3 is 19.1 Å². The Morgan fingerprint density at radius 2 is 1.73 bits per heavy atom. The van der Waals surface area contributed by atoms with Gasteiger partial charge in [-0.05, 0) is 41.5 Å². The summed E-state index contributed by atoms with van der Waals surface area (Å²) in [6.07, 6.45) is 4.67. The molecule has 1 atom stereocenters. The van der Waals surface area contributed by atoms with Crippen molar-refractivity contribution in [1.82, 2.24) is 4.90 Å². The van der Waals surface area contributed by atoms with E-state index < -0.39 is 18.0 Å². The molecule has 6 nitrogen and oxygen atoms in total. The maximum atomic E-state index is 12.4. The Kier molecular flexibility index (Phi) is 6.56. The van der Waals surface area contributed by atoms with E-state index >= 15 is 0 Å². The highest BCUT2D eigenvalue weighted by Crippen LogP contribution is 2.33. The minimum Gasteiger partial charge on any atom is -0.497 e. The second-order valence-corrected chi connectivity index (χ2v) is 6.30. The quantitative estimate of drug-likeness (QED) is 0.443. The average Bonchev–Trinajstić information content (AvgIpc) is 2.80. The summed E-state index contributed by atoms with van der Waals surface area (Å²) in [4.78, 5) is 25.9. The summed E-state index contributed by atoms with van der Waals surface area (Å²) in [6, 6.07) is 14.6. The van der Waals surface area contributed by atoms with Crippen LogP contribution in [0.5, 0.6) is 5.75 Å². The first-order chi connectivity index (χ1) is 14.6. The van der Waals surface area contributed by atoms with Crippen molar-refractivity contribution in [1.29, 1.82) is 0 Å². The molecule has 0 spiro atoms. The van der Waals surface area contributed by atoms with E-state index in [0.717, 1.165) is 28.5 Å². The van der Waals surface area contributed by atoms with Gasteiger partial charge in [0.05, 0.1) is 27.4 Å². The molecule has 2 aromatic carbocycles. The van der Waals surface area contributed by atoms with Crippen LogP contribution in [-0.2, 0) is 19.1 Å². The molecule has 1 unspecified atom stereocenters. The molecule has 1 aliphatic heterocycles. The topological polar surface area (TPSA) is 65.1 Å². The average molecular weight is 403 g/mol. The van der Waals surface area contributed by atoms with Crippen molar-refractivity contribution < 1.29 is 23.8 Å². The van der Waals surface area contributed by atoms with Gasteiger partial charge in [-0.25, -0.2) is 9.59 Å². The molecule has 0 saturated heterocycles. The molecule has 0 saturated carbocycles. The summed E-state index contributed by atoms with van der Waals surface area (Å²) >= 11 is 0. The van der Waals surface area contributed by atoms with Crippen LogP contribution in [0.15, 0.2) is 66.5 Å². The van der Waals surface area contributed by atoms with Crippen LogP contribution >= 0.6 is 0 Å². The molecule has 1 heterocycles. The van der Waals surface area contributed by atoms with Crippen LogP contribution < -0.4 is 4.74 Å². The molecule has 30 heavy (non-hydrogen) atoms. The van der Waals surface area contributed by atoms with Crippen molar-refractivity contribution in [3.63, 3.8) is 0 Å². The van der Waals surface area contributed by atoms with E-state index in [1.54, 1.807) is 18.2 Å². The van der Waals surface area contributed by atoms with Gasteiger partial charge in [-0.15, -0.1) is 0 Å². The third-order valence-corrected chi connectivity index (χ3v) is 4.56. The smallest absolute Gasteiger partial charge is 0.354 e. The lowest BCUT2D eigenvalue weighted by Crippen LogP contribution is -2.30. The number of esters is 2. The van der Waals surface area contributed by atoms with Gasteiger partial charge in [0.1, 0.15) is 17.5 Å². The fraction of sp³-hybridized carbons (Fsp3) is 0.167. The maximum Gasteiger partial charge on any atom is 0.354 e. The fourth-order valence-corrected chi connectivity index (χ4v) is 3.01. The third-order valence-electron chi connectivity index (χ3n) is 4.56. The lowest BCUT2D eigenvalue weighted by atomic mass is 9.95. The van der Waals surface area contributed by atoms with Gasteiger partial charge in [-0.2, -0.15) is 0 Å². The Labute approximate surface area is 175 Å². The van der Waals surface area contributed by atoms with E-state index in [1.807, 2.05) is 54.6 Å². The van der Waals surface area contributed by atoms with E-state index in [0.29, 0.717) is 0 Å². The highest BCUT2D eigenvalue weighted by atomic mass is 16.5. The number of carbonyl (C=O) groups excluding carboxylic acids is 2. The lowest BCUT2D eigenvalue weighted by Gasteiger charge is -2.32. The SMILES string of the molecule is COC(=O)/C=C(\C(=O)OC)N1C=Cc2ccccc2C1C#Cc1ccc(OC)cc1. The lowest BCUT2D eigenvalue weighted by molar-refractivity contribution is -0.139. The largest absolute Gasteiger partial charge is 0.497 e. The molecule has 0 radical (unpaired) electrons. The molecule has 3 rings (SSSR count). The summed E-state index contributed by atoms with van der Waals surface area (Å²) < 4.78 is 14.8. The first-order valence-electron chi connectivity index (χ1n) is 9.16.